The minimum absolute atomic E-state index is 0.111. The van der Waals surface area contributed by atoms with E-state index in [9.17, 15) is 9.18 Å². The second-order valence-corrected chi connectivity index (χ2v) is 7.20. The lowest BCUT2D eigenvalue weighted by molar-refractivity contribution is 0.100. The van der Waals surface area contributed by atoms with Crippen molar-refractivity contribution >= 4 is 23.4 Å². The first kappa shape index (κ1) is 20.9. The number of aromatic nitrogens is 3. The highest BCUT2D eigenvalue weighted by Crippen LogP contribution is 2.28. The van der Waals surface area contributed by atoms with E-state index in [0.29, 0.717) is 23.0 Å². The number of anilines is 3. The van der Waals surface area contributed by atoms with Gasteiger partial charge < -0.3 is 16.4 Å². The molecule has 160 valence electrons. The molecule has 2 heterocycles. The maximum Gasteiger partial charge on any atom is 0.248 e. The van der Waals surface area contributed by atoms with E-state index in [1.54, 1.807) is 42.9 Å². The van der Waals surface area contributed by atoms with E-state index in [4.69, 9.17) is 5.73 Å². The number of amides is 1. The lowest BCUT2D eigenvalue weighted by atomic mass is 10.0. The maximum atomic E-state index is 13.3. The number of hydrogen-bond donors (Lipinski definition) is 3. The Kier molecular flexibility index (Phi) is 6.03. The molecule has 0 radical (unpaired) electrons. The zero-order valence-corrected chi connectivity index (χ0v) is 17.3. The van der Waals surface area contributed by atoms with Crippen LogP contribution in [0.15, 0.2) is 79.3 Å². The molecule has 7 nitrogen and oxygen atoms in total. The first-order chi connectivity index (χ1) is 15.5. The molecule has 8 heteroatoms. The third-order valence-corrected chi connectivity index (χ3v) is 4.88. The Morgan fingerprint density at radius 2 is 1.66 bits per heavy atom. The van der Waals surface area contributed by atoms with Crippen molar-refractivity contribution in [3.05, 3.63) is 96.2 Å². The number of hydrogen-bond acceptors (Lipinski definition) is 6. The van der Waals surface area contributed by atoms with Crippen LogP contribution in [0.1, 0.15) is 28.9 Å². The Balaban J connectivity index is 1.67. The Labute approximate surface area is 184 Å². The summed E-state index contributed by atoms with van der Waals surface area (Å²) in [6.07, 6.45) is 4.78. The number of carbonyl (C=O) groups excluding carboxylic acids is 1. The topological polar surface area (TPSA) is 106 Å². The summed E-state index contributed by atoms with van der Waals surface area (Å²) in [5, 5.41) is 6.52. The Morgan fingerprint density at radius 3 is 2.31 bits per heavy atom. The number of halogens is 1. The molecular formula is C24H21FN6O. The minimum atomic E-state index is -0.480. The van der Waals surface area contributed by atoms with Gasteiger partial charge in [0, 0.05) is 24.0 Å². The Hall–Kier alpha value is -4.33. The van der Waals surface area contributed by atoms with Gasteiger partial charge in [0.1, 0.15) is 23.3 Å². The van der Waals surface area contributed by atoms with Crippen LogP contribution in [0.3, 0.4) is 0 Å². The maximum absolute atomic E-state index is 13.3. The van der Waals surface area contributed by atoms with Gasteiger partial charge in [-0.3, -0.25) is 9.78 Å². The van der Waals surface area contributed by atoms with Gasteiger partial charge in [-0.2, -0.15) is 0 Å². The molecule has 2 aromatic carbocycles. The Bertz CT molecular complexity index is 1210. The molecule has 0 bridgehead atoms. The number of nitrogens with two attached hydrogens (primary N) is 1. The SMILES string of the molecule is CC(Nc1cc(-c2ccc(C(N)=O)cc2)cc(Nc2cnccn2)n1)c1ccc(F)cc1. The van der Waals surface area contributed by atoms with Gasteiger partial charge in [-0.05, 0) is 60.0 Å². The quantitative estimate of drug-likeness (QED) is 0.394. The first-order valence-electron chi connectivity index (χ1n) is 9.95. The lowest BCUT2D eigenvalue weighted by Gasteiger charge is -2.17. The van der Waals surface area contributed by atoms with Gasteiger partial charge in [0.2, 0.25) is 5.91 Å². The summed E-state index contributed by atoms with van der Waals surface area (Å²) in [5.41, 5.74) is 8.47. The van der Waals surface area contributed by atoms with E-state index >= 15 is 0 Å². The molecule has 32 heavy (non-hydrogen) atoms. The van der Waals surface area contributed by atoms with Crippen molar-refractivity contribution in [1.82, 2.24) is 15.0 Å². The van der Waals surface area contributed by atoms with Crippen LogP contribution in [-0.2, 0) is 0 Å². The van der Waals surface area contributed by atoms with Gasteiger partial charge in [-0.15, -0.1) is 0 Å². The van der Waals surface area contributed by atoms with Crippen molar-refractivity contribution in [2.24, 2.45) is 5.73 Å². The molecule has 0 saturated heterocycles. The fourth-order valence-electron chi connectivity index (χ4n) is 3.21. The smallest absolute Gasteiger partial charge is 0.248 e. The van der Waals surface area contributed by atoms with Crippen LogP contribution in [0.5, 0.6) is 0 Å². The zero-order chi connectivity index (χ0) is 22.5. The minimum Gasteiger partial charge on any atom is -0.366 e. The van der Waals surface area contributed by atoms with Crippen LogP contribution in [0, 0.1) is 5.82 Å². The summed E-state index contributed by atoms with van der Waals surface area (Å²) in [5.74, 6) is 0.974. The molecule has 0 aliphatic heterocycles. The number of carbonyl (C=O) groups is 1. The Morgan fingerprint density at radius 1 is 0.938 bits per heavy atom. The molecule has 0 fully saturated rings. The number of nitrogens with one attached hydrogen (secondary N) is 2. The van der Waals surface area contributed by atoms with Crippen molar-refractivity contribution in [2.45, 2.75) is 13.0 Å². The number of rotatable bonds is 7. The lowest BCUT2D eigenvalue weighted by Crippen LogP contribution is -2.10. The average molecular weight is 428 g/mol. The van der Waals surface area contributed by atoms with Crippen LogP contribution < -0.4 is 16.4 Å². The second-order valence-electron chi connectivity index (χ2n) is 7.20. The highest BCUT2D eigenvalue weighted by atomic mass is 19.1. The van der Waals surface area contributed by atoms with E-state index in [1.165, 1.54) is 12.1 Å². The highest BCUT2D eigenvalue weighted by Gasteiger charge is 2.11. The molecule has 0 aliphatic rings. The molecule has 1 amide bonds. The number of benzene rings is 2. The summed E-state index contributed by atoms with van der Waals surface area (Å²) in [6, 6.07) is 17.0. The van der Waals surface area contributed by atoms with Crippen molar-refractivity contribution in [3.8, 4) is 11.1 Å². The van der Waals surface area contributed by atoms with Crippen molar-refractivity contribution in [2.75, 3.05) is 10.6 Å². The summed E-state index contributed by atoms with van der Waals surface area (Å²) >= 11 is 0. The van der Waals surface area contributed by atoms with Crippen LogP contribution in [0.2, 0.25) is 0 Å². The summed E-state index contributed by atoms with van der Waals surface area (Å²) < 4.78 is 13.3. The monoisotopic (exact) mass is 428 g/mol. The first-order valence-corrected chi connectivity index (χ1v) is 9.95. The van der Waals surface area contributed by atoms with E-state index < -0.39 is 5.91 Å². The molecule has 1 atom stereocenters. The molecule has 2 aromatic heterocycles. The molecule has 4 aromatic rings. The van der Waals surface area contributed by atoms with Gasteiger partial charge in [-0.1, -0.05) is 24.3 Å². The van der Waals surface area contributed by atoms with Crippen molar-refractivity contribution in [1.29, 1.82) is 0 Å². The fraction of sp³-hybridized carbons (Fsp3) is 0.0833. The van der Waals surface area contributed by atoms with E-state index in [2.05, 4.69) is 25.6 Å². The number of nitrogens with zero attached hydrogens (tertiary/aromatic N) is 3. The normalized spacial score (nSPS) is 11.6. The molecule has 4 rings (SSSR count). The third kappa shape index (κ3) is 5.04. The molecule has 1 unspecified atom stereocenters. The van der Waals surface area contributed by atoms with Crippen LogP contribution >= 0.6 is 0 Å². The molecular weight excluding hydrogens is 407 g/mol. The summed E-state index contributed by atoms with van der Waals surface area (Å²) in [6.45, 7) is 1.97. The van der Waals surface area contributed by atoms with E-state index in [1.807, 2.05) is 31.2 Å². The average Bonchev–Trinajstić information content (AvgIpc) is 2.80. The standard InChI is InChI=1S/C24H21FN6O/c1-15(16-6-8-20(25)9-7-16)29-21-12-19(17-2-4-18(5-3-17)24(26)32)13-22(30-21)31-23-14-27-10-11-28-23/h2-15H,1H3,(H2,26,32)(H2,28,29,30,31). The van der Waals surface area contributed by atoms with Crippen LogP contribution in [-0.4, -0.2) is 20.9 Å². The molecule has 0 saturated carbocycles. The van der Waals surface area contributed by atoms with Gasteiger partial charge in [0.05, 0.1) is 6.20 Å². The summed E-state index contributed by atoms with van der Waals surface area (Å²) in [7, 11) is 0. The zero-order valence-electron chi connectivity index (χ0n) is 17.3. The predicted molar refractivity (Wildman–Crippen MR) is 122 cm³/mol. The summed E-state index contributed by atoms with van der Waals surface area (Å²) in [4.78, 5) is 24.3. The third-order valence-electron chi connectivity index (χ3n) is 4.88. The van der Waals surface area contributed by atoms with Crippen LogP contribution in [0.25, 0.3) is 11.1 Å². The van der Waals surface area contributed by atoms with Gasteiger partial charge >= 0.3 is 0 Å². The van der Waals surface area contributed by atoms with E-state index in [0.717, 1.165) is 16.7 Å². The van der Waals surface area contributed by atoms with Crippen molar-refractivity contribution < 1.29 is 9.18 Å². The van der Waals surface area contributed by atoms with Crippen LogP contribution in [0.4, 0.5) is 21.8 Å². The van der Waals surface area contributed by atoms with Gasteiger partial charge in [-0.25, -0.2) is 14.4 Å². The highest BCUT2D eigenvalue weighted by molar-refractivity contribution is 5.93. The molecule has 0 aliphatic carbocycles. The van der Waals surface area contributed by atoms with Gasteiger partial charge in [0.25, 0.3) is 0 Å². The largest absolute Gasteiger partial charge is 0.366 e. The predicted octanol–water partition coefficient (Wildman–Crippen LogP) is 4.69. The molecule has 0 spiro atoms. The van der Waals surface area contributed by atoms with Gasteiger partial charge in [0.15, 0.2) is 0 Å². The number of primary amides is 1. The number of pyridine rings is 1. The van der Waals surface area contributed by atoms with E-state index in [-0.39, 0.29) is 11.9 Å². The molecule has 4 N–H and O–H groups in total. The second kappa shape index (κ2) is 9.22. The fourth-order valence-corrected chi connectivity index (χ4v) is 3.21. The van der Waals surface area contributed by atoms with Crippen molar-refractivity contribution in [3.63, 3.8) is 0 Å².